The van der Waals surface area contributed by atoms with Gasteiger partial charge in [-0.3, -0.25) is 4.79 Å². The minimum absolute atomic E-state index is 0.0176. The Balaban J connectivity index is 5.94. The van der Waals surface area contributed by atoms with Crippen molar-refractivity contribution in [1.29, 1.82) is 0 Å². The highest BCUT2D eigenvalue weighted by molar-refractivity contribution is 6.09. The van der Waals surface area contributed by atoms with Gasteiger partial charge in [0.1, 0.15) is 11.2 Å². The molecule has 150 valence electrons. The molecule has 0 unspecified atom stereocenters. The molecule has 9 nitrogen and oxygen atoms in total. The van der Waals surface area contributed by atoms with E-state index < -0.39 is 40.7 Å². The largest absolute Gasteiger partial charge is 0.464 e. The number of ether oxygens (including phenoxy) is 3. The van der Waals surface area contributed by atoms with Gasteiger partial charge in [-0.1, -0.05) is 0 Å². The third-order valence-corrected chi connectivity index (χ3v) is 2.98. The average molecular weight is 374 g/mol. The van der Waals surface area contributed by atoms with Crippen LogP contribution >= 0.6 is 0 Å². The summed E-state index contributed by atoms with van der Waals surface area (Å²) in [6.07, 6.45) is -2.13. The van der Waals surface area contributed by atoms with E-state index in [9.17, 15) is 19.2 Å². The maximum atomic E-state index is 12.6. The Morgan fingerprint density at radius 2 is 1.35 bits per heavy atom. The van der Waals surface area contributed by atoms with E-state index in [1.807, 2.05) is 0 Å². The van der Waals surface area contributed by atoms with Crippen LogP contribution in [0, 0.1) is 0 Å². The molecule has 0 saturated carbocycles. The number of esters is 1. The van der Waals surface area contributed by atoms with Crippen molar-refractivity contribution in [2.45, 2.75) is 79.1 Å². The molecule has 0 aliphatic rings. The maximum absolute atomic E-state index is 12.6. The first-order chi connectivity index (χ1) is 11.5. The van der Waals surface area contributed by atoms with E-state index in [2.05, 4.69) is 5.43 Å². The third-order valence-electron chi connectivity index (χ3n) is 2.98. The van der Waals surface area contributed by atoms with E-state index in [4.69, 9.17) is 14.2 Å². The summed E-state index contributed by atoms with van der Waals surface area (Å²) < 4.78 is 15.2. The molecule has 0 radical (unpaired) electrons. The van der Waals surface area contributed by atoms with E-state index in [1.165, 1.54) is 0 Å². The molecular weight excluding hydrogens is 344 g/mol. The van der Waals surface area contributed by atoms with Gasteiger partial charge in [-0.15, -0.1) is 0 Å². The molecule has 0 saturated heterocycles. The minimum Gasteiger partial charge on any atom is -0.464 e. The number of nitrogens with zero attached hydrogens (tertiary/aromatic N) is 1. The Bertz CT molecular complexity index is 560. The van der Waals surface area contributed by atoms with Gasteiger partial charge in [-0.2, -0.15) is 5.01 Å². The van der Waals surface area contributed by atoms with Crippen molar-refractivity contribution in [2.75, 3.05) is 6.61 Å². The second kappa shape index (κ2) is 8.37. The lowest BCUT2D eigenvalue weighted by Gasteiger charge is -2.37. The summed E-state index contributed by atoms with van der Waals surface area (Å²) in [6.45, 7) is 13.5. The van der Waals surface area contributed by atoms with Gasteiger partial charge in [0, 0.05) is 0 Å². The molecule has 26 heavy (non-hydrogen) atoms. The molecule has 1 atom stereocenters. The van der Waals surface area contributed by atoms with Gasteiger partial charge in [-0.25, -0.2) is 19.8 Å². The van der Waals surface area contributed by atoms with Crippen LogP contribution in [0.15, 0.2) is 0 Å². The maximum Gasteiger partial charge on any atom is 0.430 e. The van der Waals surface area contributed by atoms with Crippen LogP contribution in [0.1, 0.15) is 62.3 Å². The third kappa shape index (κ3) is 6.89. The molecule has 0 aromatic carbocycles. The summed E-state index contributed by atoms with van der Waals surface area (Å²) >= 11 is 0. The predicted octanol–water partition coefficient (Wildman–Crippen LogP) is 2.57. The van der Waals surface area contributed by atoms with E-state index in [-0.39, 0.29) is 6.61 Å². The second-order valence-electron chi connectivity index (χ2n) is 7.78. The van der Waals surface area contributed by atoms with Gasteiger partial charge in [0.05, 0.1) is 6.61 Å². The highest BCUT2D eigenvalue weighted by Crippen LogP contribution is 2.21. The number of rotatable bonds is 4. The molecule has 1 N–H and O–H groups in total. The fourth-order valence-electron chi connectivity index (χ4n) is 1.70. The van der Waals surface area contributed by atoms with E-state index in [0.717, 1.165) is 13.8 Å². The molecule has 0 spiro atoms. The lowest BCUT2D eigenvalue weighted by Crippen LogP contribution is -2.66. The van der Waals surface area contributed by atoms with E-state index in [1.54, 1.807) is 48.5 Å². The van der Waals surface area contributed by atoms with Crippen molar-refractivity contribution in [3.05, 3.63) is 0 Å². The van der Waals surface area contributed by atoms with Crippen LogP contribution in [-0.4, -0.2) is 52.3 Å². The molecule has 0 aliphatic heterocycles. The minimum atomic E-state index is -2.13. The SMILES string of the molecule is CCOC(=O)[C@](C)(C(C)=O)N(NC(=O)OC(C)(C)C)C(=O)OC(C)(C)C. The van der Waals surface area contributed by atoms with Gasteiger partial charge in [-0.05, 0) is 62.3 Å². The first-order valence-electron chi connectivity index (χ1n) is 8.25. The zero-order valence-corrected chi connectivity index (χ0v) is 17.0. The Hall–Kier alpha value is -2.32. The standard InChI is InChI=1S/C17H30N2O7/c1-10-24-12(21)17(9,11(2)20)19(14(23)26-16(6,7)8)18-13(22)25-15(3,4)5/h10H2,1-9H3,(H,18,22)/t17-/m0/s1. The van der Waals surface area contributed by atoms with Crippen molar-refractivity contribution in [2.24, 2.45) is 0 Å². The molecule has 0 rings (SSSR count). The Morgan fingerprint density at radius 1 is 0.885 bits per heavy atom. The fourth-order valence-corrected chi connectivity index (χ4v) is 1.70. The molecule has 0 aromatic heterocycles. The van der Waals surface area contributed by atoms with Crippen molar-refractivity contribution in [3.63, 3.8) is 0 Å². The van der Waals surface area contributed by atoms with Gasteiger partial charge in [0.15, 0.2) is 5.78 Å². The van der Waals surface area contributed by atoms with Crippen molar-refractivity contribution in [1.82, 2.24) is 10.4 Å². The molecule has 2 amide bonds. The van der Waals surface area contributed by atoms with Gasteiger partial charge in [0.2, 0.25) is 5.54 Å². The summed E-state index contributed by atoms with van der Waals surface area (Å²) in [7, 11) is 0. The molecule has 0 aliphatic carbocycles. The Labute approximate surface area is 154 Å². The van der Waals surface area contributed by atoms with Crippen molar-refractivity contribution < 1.29 is 33.4 Å². The summed E-state index contributed by atoms with van der Waals surface area (Å²) in [6, 6.07) is 0. The second-order valence-corrected chi connectivity index (χ2v) is 7.78. The first-order valence-corrected chi connectivity index (χ1v) is 8.25. The summed E-state index contributed by atoms with van der Waals surface area (Å²) in [5, 5.41) is 0.507. The normalized spacial score (nSPS) is 13.9. The number of Topliss-reactive ketones (excluding diaryl/α,β-unsaturated/α-hetero) is 1. The van der Waals surface area contributed by atoms with Gasteiger partial charge >= 0.3 is 18.2 Å². The first kappa shape index (κ1) is 23.7. The quantitative estimate of drug-likeness (QED) is 0.348. The Morgan fingerprint density at radius 3 is 1.69 bits per heavy atom. The van der Waals surface area contributed by atoms with Crippen LogP contribution < -0.4 is 5.43 Å². The number of ketones is 1. The number of hydrogen-bond acceptors (Lipinski definition) is 7. The molecule has 0 fully saturated rings. The average Bonchev–Trinajstić information content (AvgIpc) is 2.39. The number of hydrazine groups is 1. The lowest BCUT2D eigenvalue weighted by atomic mass is 9.97. The zero-order valence-electron chi connectivity index (χ0n) is 17.0. The highest BCUT2D eigenvalue weighted by Gasteiger charge is 2.51. The Kier molecular flexibility index (Phi) is 7.63. The molecule has 9 heteroatoms. The zero-order chi connectivity index (χ0) is 20.9. The van der Waals surface area contributed by atoms with Crippen molar-refractivity contribution >= 4 is 23.9 Å². The smallest absolute Gasteiger partial charge is 0.430 e. The van der Waals surface area contributed by atoms with Crippen molar-refractivity contribution in [3.8, 4) is 0 Å². The van der Waals surface area contributed by atoms with Crippen LogP contribution in [0.2, 0.25) is 0 Å². The van der Waals surface area contributed by atoms with Crippen LogP contribution in [0.3, 0.4) is 0 Å². The van der Waals surface area contributed by atoms with Crippen LogP contribution in [0.25, 0.3) is 0 Å². The summed E-state index contributed by atoms with van der Waals surface area (Å²) in [5.74, 6) is -1.73. The summed E-state index contributed by atoms with van der Waals surface area (Å²) in [5.41, 5.74) is -1.79. The van der Waals surface area contributed by atoms with Gasteiger partial charge < -0.3 is 14.2 Å². The van der Waals surface area contributed by atoms with Gasteiger partial charge in [0.25, 0.3) is 0 Å². The fraction of sp³-hybridized carbons (Fsp3) is 0.765. The topological polar surface area (TPSA) is 111 Å². The number of carbonyl (C=O) groups is 4. The van der Waals surface area contributed by atoms with E-state index in [0.29, 0.717) is 5.01 Å². The molecule has 0 aromatic rings. The monoisotopic (exact) mass is 374 g/mol. The number of amides is 2. The van der Waals surface area contributed by atoms with Crippen LogP contribution in [-0.2, 0) is 23.8 Å². The van der Waals surface area contributed by atoms with Crippen LogP contribution in [0.4, 0.5) is 9.59 Å². The van der Waals surface area contributed by atoms with E-state index >= 15 is 0 Å². The summed E-state index contributed by atoms with van der Waals surface area (Å²) in [4.78, 5) is 49.4. The number of carbonyl (C=O) groups excluding carboxylic acids is 4. The lowest BCUT2D eigenvalue weighted by molar-refractivity contribution is -0.162. The number of hydrogen-bond donors (Lipinski definition) is 1. The molecule has 0 bridgehead atoms. The molecular formula is C17H30N2O7. The van der Waals surface area contributed by atoms with Crippen LogP contribution in [0.5, 0.6) is 0 Å². The molecule has 0 heterocycles. The predicted molar refractivity (Wildman–Crippen MR) is 93.2 cm³/mol. The number of nitrogens with one attached hydrogen (secondary N) is 1. The highest BCUT2D eigenvalue weighted by atomic mass is 16.6.